The first kappa shape index (κ1) is 11.0. The van der Waals surface area contributed by atoms with E-state index in [9.17, 15) is 4.39 Å². The second-order valence-electron chi connectivity index (χ2n) is 3.36. The molecular formula is C11H17FN2. The van der Waals surface area contributed by atoms with Crippen molar-refractivity contribution in [1.82, 2.24) is 0 Å². The second-order valence-corrected chi connectivity index (χ2v) is 3.36. The summed E-state index contributed by atoms with van der Waals surface area (Å²) in [6.07, 6.45) is 0.918. The van der Waals surface area contributed by atoms with Gasteiger partial charge in [0.15, 0.2) is 0 Å². The van der Waals surface area contributed by atoms with Gasteiger partial charge < -0.3 is 10.6 Å². The molecule has 1 unspecified atom stereocenters. The van der Waals surface area contributed by atoms with E-state index in [0.717, 1.165) is 6.42 Å². The molecule has 14 heavy (non-hydrogen) atoms. The van der Waals surface area contributed by atoms with Gasteiger partial charge in [0.2, 0.25) is 0 Å². The van der Waals surface area contributed by atoms with Crippen LogP contribution in [-0.4, -0.2) is 19.6 Å². The summed E-state index contributed by atoms with van der Waals surface area (Å²) in [5.74, 6) is -0.193. The fraction of sp³-hybridized carbons (Fsp3) is 0.455. The Morgan fingerprint density at radius 1 is 1.43 bits per heavy atom. The van der Waals surface area contributed by atoms with Crippen LogP contribution >= 0.6 is 0 Å². The molecule has 2 N–H and O–H groups in total. The van der Waals surface area contributed by atoms with Crippen LogP contribution in [0.3, 0.4) is 0 Å². The summed E-state index contributed by atoms with van der Waals surface area (Å²) in [6.45, 7) is 2.59. The van der Waals surface area contributed by atoms with Gasteiger partial charge in [-0.05, 0) is 18.6 Å². The van der Waals surface area contributed by atoms with Crippen LogP contribution in [0.2, 0.25) is 0 Å². The zero-order valence-electron chi connectivity index (χ0n) is 8.70. The minimum atomic E-state index is -0.193. The van der Waals surface area contributed by atoms with Gasteiger partial charge in [0.05, 0.1) is 5.69 Å². The summed E-state index contributed by atoms with van der Waals surface area (Å²) in [5, 5.41) is 0. The first-order valence-electron chi connectivity index (χ1n) is 4.88. The largest absolute Gasteiger partial charge is 0.368 e. The molecule has 1 aromatic rings. The molecule has 2 nitrogen and oxygen atoms in total. The SMILES string of the molecule is CCC(CN)N(C)c1ccccc1F. The van der Waals surface area contributed by atoms with Gasteiger partial charge in [0, 0.05) is 19.6 Å². The molecule has 0 heterocycles. The number of halogens is 1. The predicted octanol–water partition coefficient (Wildman–Crippen LogP) is 2.00. The van der Waals surface area contributed by atoms with Crippen LogP contribution in [0, 0.1) is 5.82 Å². The van der Waals surface area contributed by atoms with Gasteiger partial charge in [0.1, 0.15) is 5.82 Å². The van der Waals surface area contributed by atoms with E-state index in [1.165, 1.54) is 6.07 Å². The van der Waals surface area contributed by atoms with Crippen LogP contribution in [0.1, 0.15) is 13.3 Å². The Bertz CT molecular complexity index is 284. The molecule has 0 amide bonds. The minimum Gasteiger partial charge on any atom is -0.368 e. The van der Waals surface area contributed by atoms with Crippen LogP contribution in [0.4, 0.5) is 10.1 Å². The van der Waals surface area contributed by atoms with Gasteiger partial charge in [-0.1, -0.05) is 19.1 Å². The number of para-hydroxylation sites is 1. The summed E-state index contributed by atoms with van der Waals surface area (Å²) in [4.78, 5) is 1.90. The highest BCUT2D eigenvalue weighted by molar-refractivity contribution is 5.47. The number of hydrogen-bond acceptors (Lipinski definition) is 2. The zero-order valence-corrected chi connectivity index (χ0v) is 8.70. The van der Waals surface area contributed by atoms with Gasteiger partial charge in [-0.3, -0.25) is 0 Å². The van der Waals surface area contributed by atoms with Gasteiger partial charge in [0.25, 0.3) is 0 Å². The Hall–Kier alpha value is -1.09. The van der Waals surface area contributed by atoms with E-state index in [1.807, 2.05) is 18.0 Å². The number of anilines is 1. The highest BCUT2D eigenvalue weighted by Gasteiger charge is 2.13. The average molecular weight is 196 g/mol. The Labute approximate surface area is 84.5 Å². The number of nitrogens with zero attached hydrogens (tertiary/aromatic N) is 1. The highest BCUT2D eigenvalue weighted by Crippen LogP contribution is 2.19. The molecule has 0 spiro atoms. The lowest BCUT2D eigenvalue weighted by atomic mass is 10.1. The molecule has 0 aromatic heterocycles. The molecule has 0 radical (unpaired) electrons. The Balaban J connectivity index is 2.88. The monoisotopic (exact) mass is 196 g/mol. The maximum absolute atomic E-state index is 13.4. The molecule has 3 heteroatoms. The third kappa shape index (κ3) is 2.23. The third-order valence-corrected chi connectivity index (χ3v) is 2.52. The van der Waals surface area contributed by atoms with Gasteiger partial charge >= 0.3 is 0 Å². The lowest BCUT2D eigenvalue weighted by Gasteiger charge is -2.28. The van der Waals surface area contributed by atoms with E-state index >= 15 is 0 Å². The standard InChI is InChI=1S/C11H17FN2/c1-3-9(8-13)14(2)11-7-5-4-6-10(11)12/h4-7,9H,3,8,13H2,1-2H3. The summed E-state index contributed by atoms with van der Waals surface area (Å²) in [5.41, 5.74) is 6.22. The quantitative estimate of drug-likeness (QED) is 0.798. The number of nitrogens with two attached hydrogens (primary N) is 1. The Morgan fingerprint density at radius 2 is 2.07 bits per heavy atom. The molecule has 1 aromatic carbocycles. The summed E-state index contributed by atoms with van der Waals surface area (Å²) < 4.78 is 13.4. The van der Waals surface area contributed by atoms with Crippen molar-refractivity contribution in [2.75, 3.05) is 18.5 Å². The van der Waals surface area contributed by atoms with E-state index in [-0.39, 0.29) is 11.9 Å². The van der Waals surface area contributed by atoms with E-state index < -0.39 is 0 Å². The van der Waals surface area contributed by atoms with Crippen LogP contribution in [-0.2, 0) is 0 Å². The first-order chi connectivity index (χ1) is 6.70. The van der Waals surface area contributed by atoms with Crippen molar-refractivity contribution >= 4 is 5.69 Å². The Kier molecular flexibility index (Phi) is 3.89. The molecule has 0 aliphatic carbocycles. The Morgan fingerprint density at radius 3 is 2.57 bits per heavy atom. The lowest BCUT2D eigenvalue weighted by Crippen LogP contribution is -2.37. The van der Waals surface area contributed by atoms with Crippen LogP contribution in [0.15, 0.2) is 24.3 Å². The highest BCUT2D eigenvalue weighted by atomic mass is 19.1. The van der Waals surface area contributed by atoms with Crippen molar-refractivity contribution in [2.45, 2.75) is 19.4 Å². The van der Waals surface area contributed by atoms with Gasteiger partial charge in [-0.25, -0.2) is 4.39 Å². The van der Waals surface area contributed by atoms with Crippen LogP contribution < -0.4 is 10.6 Å². The van der Waals surface area contributed by atoms with Crippen molar-refractivity contribution in [3.63, 3.8) is 0 Å². The molecule has 0 bridgehead atoms. The topological polar surface area (TPSA) is 29.3 Å². The number of rotatable bonds is 4. The smallest absolute Gasteiger partial charge is 0.146 e. The molecule has 0 saturated heterocycles. The maximum Gasteiger partial charge on any atom is 0.146 e. The molecule has 0 fully saturated rings. The lowest BCUT2D eigenvalue weighted by molar-refractivity contribution is 0.582. The maximum atomic E-state index is 13.4. The molecule has 1 rings (SSSR count). The fourth-order valence-corrected chi connectivity index (χ4v) is 1.53. The van der Waals surface area contributed by atoms with Crippen molar-refractivity contribution in [1.29, 1.82) is 0 Å². The van der Waals surface area contributed by atoms with E-state index in [1.54, 1.807) is 12.1 Å². The normalized spacial score (nSPS) is 12.6. The van der Waals surface area contributed by atoms with Crippen molar-refractivity contribution in [2.24, 2.45) is 5.73 Å². The van der Waals surface area contributed by atoms with Gasteiger partial charge in [-0.2, -0.15) is 0 Å². The van der Waals surface area contributed by atoms with Crippen LogP contribution in [0.5, 0.6) is 0 Å². The van der Waals surface area contributed by atoms with Crippen molar-refractivity contribution in [3.8, 4) is 0 Å². The van der Waals surface area contributed by atoms with E-state index in [0.29, 0.717) is 12.2 Å². The number of likely N-dealkylation sites (N-methyl/N-ethyl adjacent to an activating group) is 1. The molecule has 78 valence electrons. The van der Waals surface area contributed by atoms with Crippen LogP contribution in [0.25, 0.3) is 0 Å². The summed E-state index contributed by atoms with van der Waals surface area (Å²) in [7, 11) is 1.87. The van der Waals surface area contributed by atoms with Crippen molar-refractivity contribution in [3.05, 3.63) is 30.1 Å². The third-order valence-electron chi connectivity index (χ3n) is 2.52. The fourth-order valence-electron chi connectivity index (χ4n) is 1.53. The summed E-state index contributed by atoms with van der Waals surface area (Å²) in [6, 6.07) is 6.96. The molecular weight excluding hydrogens is 179 g/mol. The number of benzene rings is 1. The summed E-state index contributed by atoms with van der Waals surface area (Å²) >= 11 is 0. The van der Waals surface area contributed by atoms with Gasteiger partial charge in [-0.15, -0.1) is 0 Å². The molecule has 0 aliphatic rings. The molecule has 0 aliphatic heterocycles. The number of hydrogen-bond donors (Lipinski definition) is 1. The van der Waals surface area contributed by atoms with Crippen molar-refractivity contribution < 1.29 is 4.39 Å². The second kappa shape index (κ2) is 4.96. The zero-order chi connectivity index (χ0) is 10.6. The minimum absolute atomic E-state index is 0.193. The van der Waals surface area contributed by atoms with E-state index in [4.69, 9.17) is 5.73 Å². The first-order valence-corrected chi connectivity index (χ1v) is 4.88. The predicted molar refractivity (Wildman–Crippen MR) is 57.9 cm³/mol. The average Bonchev–Trinajstić information content (AvgIpc) is 2.20. The molecule has 0 saturated carbocycles. The van der Waals surface area contributed by atoms with E-state index in [2.05, 4.69) is 6.92 Å². The molecule has 1 atom stereocenters.